The molecule has 1 N–H and O–H groups in total. The Hall–Kier alpha value is -1.34. The third kappa shape index (κ3) is 2.47. The number of hydrogen-bond donors (Lipinski definition) is 1. The fourth-order valence-corrected chi connectivity index (χ4v) is 3.39. The van der Waals surface area contributed by atoms with Crippen LogP contribution in [0.2, 0.25) is 0 Å². The number of fused-ring (bicyclic) bond motifs is 1. The first kappa shape index (κ1) is 13.6. The van der Waals surface area contributed by atoms with E-state index in [1.807, 2.05) is 0 Å². The third-order valence-corrected chi connectivity index (χ3v) is 4.74. The second-order valence-corrected chi connectivity index (χ2v) is 6.14. The fourth-order valence-electron chi connectivity index (χ4n) is 3.39. The minimum absolute atomic E-state index is 0.537. The van der Waals surface area contributed by atoms with Crippen LogP contribution in [-0.4, -0.2) is 6.54 Å². The SMILES string of the molecule is CCCNC(c1c(C)ccc2ccccc12)C1CCC1. The van der Waals surface area contributed by atoms with Gasteiger partial charge in [-0.25, -0.2) is 0 Å². The summed E-state index contributed by atoms with van der Waals surface area (Å²) < 4.78 is 0. The molecule has 1 saturated carbocycles. The van der Waals surface area contributed by atoms with Crippen LogP contribution in [0.1, 0.15) is 49.8 Å². The molecule has 20 heavy (non-hydrogen) atoms. The van der Waals surface area contributed by atoms with Crippen LogP contribution in [0.15, 0.2) is 36.4 Å². The van der Waals surface area contributed by atoms with Crippen molar-refractivity contribution < 1.29 is 0 Å². The minimum atomic E-state index is 0.537. The van der Waals surface area contributed by atoms with Crippen LogP contribution in [0.4, 0.5) is 0 Å². The molecule has 1 aliphatic carbocycles. The quantitative estimate of drug-likeness (QED) is 0.804. The number of nitrogens with one attached hydrogen (secondary N) is 1. The molecule has 2 aromatic carbocycles. The highest BCUT2D eigenvalue weighted by Crippen LogP contribution is 2.41. The summed E-state index contributed by atoms with van der Waals surface area (Å²) in [6, 6.07) is 13.9. The molecule has 0 saturated heterocycles. The van der Waals surface area contributed by atoms with Gasteiger partial charge >= 0.3 is 0 Å². The predicted octanol–water partition coefficient (Wildman–Crippen LogP) is 4.99. The van der Waals surface area contributed by atoms with Crippen LogP contribution in [0.3, 0.4) is 0 Å². The van der Waals surface area contributed by atoms with Gasteiger partial charge in [-0.2, -0.15) is 0 Å². The molecule has 0 amide bonds. The van der Waals surface area contributed by atoms with Gasteiger partial charge in [0, 0.05) is 6.04 Å². The second kappa shape index (κ2) is 5.97. The van der Waals surface area contributed by atoms with Crippen molar-refractivity contribution in [2.24, 2.45) is 5.92 Å². The van der Waals surface area contributed by atoms with Crippen molar-refractivity contribution in [2.45, 2.75) is 45.6 Å². The highest BCUT2D eigenvalue weighted by Gasteiger charge is 2.29. The van der Waals surface area contributed by atoms with E-state index in [0.717, 1.165) is 12.5 Å². The molecule has 1 aliphatic rings. The minimum Gasteiger partial charge on any atom is -0.310 e. The van der Waals surface area contributed by atoms with Gasteiger partial charge < -0.3 is 5.32 Å². The van der Waals surface area contributed by atoms with E-state index >= 15 is 0 Å². The Bertz CT molecular complexity index is 583. The van der Waals surface area contributed by atoms with E-state index in [0.29, 0.717) is 6.04 Å². The number of hydrogen-bond acceptors (Lipinski definition) is 1. The highest BCUT2D eigenvalue weighted by molar-refractivity contribution is 5.87. The highest BCUT2D eigenvalue weighted by atomic mass is 14.9. The first-order valence-electron chi connectivity index (χ1n) is 8.03. The zero-order valence-electron chi connectivity index (χ0n) is 12.7. The first-order chi connectivity index (χ1) is 9.81. The molecule has 106 valence electrons. The van der Waals surface area contributed by atoms with E-state index in [1.54, 1.807) is 5.56 Å². The summed E-state index contributed by atoms with van der Waals surface area (Å²) in [6.45, 7) is 5.63. The Morgan fingerprint density at radius 3 is 2.65 bits per heavy atom. The average molecular weight is 267 g/mol. The molecule has 0 bridgehead atoms. The summed E-state index contributed by atoms with van der Waals surface area (Å²) in [4.78, 5) is 0. The van der Waals surface area contributed by atoms with Gasteiger partial charge in [0.1, 0.15) is 0 Å². The molecule has 0 radical (unpaired) electrons. The fraction of sp³-hybridized carbons (Fsp3) is 0.474. The molecule has 2 aromatic rings. The normalized spacial score (nSPS) is 17.1. The first-order valence-corrected chi connectivity index (χ1v) is 8.03. The topological polar surface area (TPSA) is 12.0 Å². The van der Waals surface area contributed by atoms with E-state index in [4.69, 9.17) is 0 Å². The van der Waals surface area contributed by atoms with Crippen LogP contribution in [-0.2, 0) is 0 Å². The molecule has 0 aromatic heterocycles. The van der Waals surface area contributed by atoms with Gasteiger partial charge in [0.2, 0.25) is 0 Å². The van der Waals surface area contributed by atoms with E-state index < -0.39 is 0 Å². The number of aryl methyl sites for hydroxylation is 1. The van der Waals surface area contributed by atoms with Crippen LogP contribution in [0.5, 0.6) is 0 Å². The lowest BCUT2D eigenvalue weighted by molar-refractivity contribution is 0.231. The molecule has 0 aliphatic heterocycles. The molecular formula is C19H25N. The van der Waals surface area contributed by atoms with Crippen molar-refractivity contribution in [3.05, 3.63) is 47.5 Å². The van der Waals surface area contributed by atoms with E-state index in [-0.39, 0.29) is 0 Å². The zero-order chi connectivity index (χ0) is 13.9. The van der Waals surface area contributed by atoms with E-state index in [1.165, 1.54) is 42.0 Å². The summed E-state index contributed by atoms with van der Waals surface area (Å²) in [6.07, 6.45) is 5.36. The van der Waals surface area contributed by atoms with Gasteiger partial charge in [0.15, 0.2) is 0 Å². The average Bonchev–Trinajstić information content (AvgIpc) is 2.42. The molecule has 0 spiro atoms. The maximum absolute atomic E-state index is 3.82. The molecule has 1 fully saturated rings. The molecule has 3 rings (SSSR count). The summed E-state index contributed by atoms with van der Waals surface area (Å²) >= 11 is 0. The summed E-state index contributed by atoms with van der Waals surface area (Å²) in [7, 11) is 0. The smallest absolute Gasteiger partial charge is 0.0357 e. The van der Waals surface area contributed by atoms with Crippen molar-refractivity contribution in [1.29, 1.82) is 0 Å². The van der Waals surface area contributed by atoms with Gasteiger partial charge in [0.25, 0.3) is 0 Å². The Morgan fingerprint density at radius 1 is 1.15 bits per heavy atom. The maximum Gasteiger partial charge on any atom is 0.0357 e. The van der Waals surface area contributed by atoms with Crippen molar-refractivity contribution in [3.8, 4) is 0 Å². The van der Waals surface area contributed by atoms with Crippen molar-refractivity contribution >= 4 is 10.8 Å². The number of benzene rings is 2. The third-order valence-electron chi connectivity index (χ3n) is 4.74. The van der Waals surface area contributed by atoms with Gasteiger partial charge in [-0.3, -0.25) is 0 Å². The molecule has 0 heterocycles. The largest absolute Gasteiger partial charge is 0.310 e. The molecule has 1 heteroatoms. The lowest BCUT2D eigenvalue weighted by atomic mass is 9.75. The Balaban J connectivity index is 2.06. The van der Waals surface area contributed by atoms with Crippen molar-refractivity contribution in [3.63, 3.8) is 0 Å². The van der Waals surface area contributed by atoms with Gasteiger partial charge in [-0.15, -0.1) is 0 Å². The van der Waals surface area contributed by atoms with Crippen LogP contribution >= 0.6 is 0 Å². The lowest BCUT2D eigenvalue weighted by Crippen LogP contribution is -2.33. The predicted molar refractivity (Wildman–Crippen MR) is 87.1 cm³/mol. The van der Waals surface area contributed by atoms with Gasteiger partial charge in [-0.05, 0) is 60.5 Å². The van der Waals surface area contributed by atoms with E-state index in [2.05, 4.69) is 55.6 Å². The summed E-state index contributed by atoms with van der Waals surface area (Å²) in [5.74, 6) is 0.825. The lowest BCUT2D eigenvalue weighted by Gasteiger charge is -2.36. The zero-order valence-corrected chi connectivity index (χ0v) is 12.7. The standard InChI is InChI=1S/C19H25N/c1-3-13-20-19(16-8-6-9-16)18-14(2)11-12-15-7-4-5-10-17(15)18/h4-5,7,10-12,16,19-20H,3,6,8-9,13H2,1-2H3. The van der Waals surface area contributed by atoms with Gasteiger partial charge in [0.05, 0.1) is 0 Å². The summed E-state index contributed by atoms with van der Waals surface area (Å²) in [5, 5.41) is 6.63. The second-order valence-electron chi connectivity index (χ2n) is 6.14. The number of rotatable bonds is 5. The molecule has 1 atom stereocenters. The molecular weight excluding hydrogens is 242 g/mol. The Labute approximate surface area is 122 Å². The maximum atomic E-state index is 3.82. The van der Waals surface area contributed by atoms with Crippen LogP contribution in [0.25, 0.3) is 10.8 Å². The molecule has 1 nitrogen and oxygen atoms in total. The Kier molecular flexibility index (Phi) is 4.07. The summed E-state index contributed by atoms with van der Waals surface area (Å²) in [5.41, 5.74) is 2.98. The monoisotopic (exact) mass is 267 g/mol. The molecule has 1 unspecified atom stereocenters. The van der Waals surface area contributed by atoms with Crippen LogP contribution < -0.4 is 5.32 Å². The Morgan fingerprint density at radius 2 is 1.95 bits per heavy atom. The van der Waals surface area contributed by atoms with Gasteiger partial charge in [-0.1, -0.05) is 49.7 Å². The van der Waals surface area contributed by atoms with Crippen molar-refractivity contribution in [2.75, 3.05) is 6.54 Å². The van der Waals surface area contributed by atoms with Crippen molar-refractivity contribution in [1.82, 2.24) is 5.32 Å². The van der Waals surface area contributed by atoms with E-state index in [9.17, 15) is 0 Å². The van der Waals surface area contributed by atoms with Crippen LogP contribution in [0, 0.1) is 12.8 Å².